The van der Waals surface area contributed by atoms with Crippen LogP contribution in [0.5, 0.6) is 0 Å². The number of nitrogen functional groups attached to an aromatic ring is 1. The zero-order valence-corrected chi connectivity index (χ0v) is 15.4. The maximum absolute atomic E-state index is 12.7. The third-order valence-electron chi connectivity index (χ3n) is 4.65. The largest absolute Gasteiger partial charge is 0.461 e. The van der Waals surface area contributed by atoms with E-state index in [9.17, 15) is 4.79 Å². The quantitative estimate of drug-likeness (QED) is 0.479. The first kappa shape index (κ1) is 16.9. The smallest absolute Gasteiger partial charge is 0.249 e. The minimum absolute atomic E-state index is 0.128. The lowest BCUT2D eigenvalue weighted by Crippen LogP contribution is -2.31. The zero-order chi connectivity index (χ0) is 20.0. The fraction of sp³-hybridized carbons (Fsp3) is 0.105. The molecule has 0 fully saturated rings. The van der Waals surface area contributed by atoms with Crippen molar-refractivity contribution in [2.45, 2.75) is 6.04 Å². The van der Waals surface area contributed by atoms with Gasteiger partial charge in [-0.25, -0.2) is 9.67 Å². The van der Waals surface area contributed by atoms with Crippen LogP contribution in [0.4, 0.5) is 5.95 Å². The Kier molecular flexibility index (Phi) is 3.76. The van der Waals surface area contributed by atoms with Gasteiger partial charge >= 0.3 is 0 Å². The minimum Gasteiger partial charge on any atom is -0.461 e. The van der Waals surface area contributed by atoms with Crippen molar-refractivity contribution in [2.24, 2.45) is 0 Å². The number of nitrogens with zero attached hydrogens (tertiary/aromatic N) is 6. The van der Waals surface area contributed by atoms with Crippen molar-refractivity contribution < 1.29 is 9.21 Å². The summed E-state index contributed by atoms with van der Waals surface area (Å²) in [5.41, 5.74) is 7.83. The maximum Gasteiger partial charge on any atom is 0.249 e. The zero-order valence-electron chi connectivity index (χ0n) is 15.4. The van der Waals surface area contributed by atoms with Crippen LogP contribution in [0.2, 0.25) is 0 Å². The number of nitrogens with two attached hydrogens (primary N) is 1. The summed E-state index contributed by atoms with van der Waals surface area (Å²) in [6.45, 7) is 0. The van der Waals surface area contributed by atoms with Gasteiger partial charge in [0.15, 0.2) is 23.1 Å². The molecule has 0 saturated carbocycles. The lowest BCUT2D eigenvalue weighted by Gasteiger charge is -2.17. The fourth-order valence-electron chi connectivity index (χ4n) is 3.30. The Labute approximate surface area is 164 Å². The number of hydrogen-bond acceptors (Lipinski definition) is 7. The van der Waals surface area contributed by atoms with Gasteiger partial charge in [-0.1, -0.05) is 30.3 Å². The third-order valence-corrected chi connectivity index (χ3v) is 4.65. The lowest BCUT2D eigenvalue weighted by atomic mass is 10.1. The van der Waals surface area contributed by atoms with E-state index in [1.165, 1.54) is 4.52 Å². The van der Waals surface area contributed by atoms with Crippen molar-refractivity contribution in [1.29, 1.82) is 0 Å². The summed E-state index contributed by atoms with van der Waals surface area (Å²) < 4.78 is 8.35. The van der Waals surface area contributed by atoms with Crippen molar-refractivity contribution in [2.75, 3.05) is 12.8 Å². The van der Waals surface area contributed by atoms with Gasteiger partial charge in [0, 0.05) is 7.05 Å². The molecule has 1 atom stereocenters. The van der Waals surface area contributed by atoms with E-state index in [0.29, 0.717) is 28.3 Å². The van der Waals surface area contributed by atoms with Gasteiger partial charge < -0.3 is 15.5 Å². The number of anilines is 1. The first-order valence-electron chi connectivity index (χ1n) is 8.87. The molecule has 144 valence electrons. The first-order chi connectivity index (χ1) is 14.2. The van der Waals surface area contributed by atoms with E-state index in [0.717, 1.165) is 5.56 Å². The van der Waals surface area contributed by atoms with Gasteiger partial charge in [-0.2, -0.15) is 14.6 Å². The molecule has 1 amide bonds. The van der Waals surface area contributed by atoms with E-state index in [1.54, 1.807) is 36.3 Å². The van der Waals surface area contributed by atoms with E-state index in [-0.39, 0.29) is 11.9 Å². The second-order valence-electron chi connectivity index (χ2n) is 6.37. The Hall–Kier alpha value is -4.21. The number of fused-ring (bicyclic) bond motifs is 3. The monoisotopic (exact) mass is 388 g/mol. The number of furan rings is 1. The van der Waals surface area contributed by atoms with Crippen molar-refractivity contribution in [3.63, 3.8) is 0 Å². The molecule has 10 nitrogen and oxygen atoms in total. The van der Waals surface area contributed by atoms with Gasteiger partial charge in [-0.3, -0.25) is 4.79 Å². The number of amides is 1. The molecule has 4 heterocycles. The molecule has 0 saturated heterocycles. The van der Waals surface area contributed by atoms with Gasteiger partial charge in [-0.05, 0) is 17.7 Å². The third kappa shape index (κ3) is 2.61. The summed E-state index contributed by atoms with van der Waals surface area (Å²) >= 11 is 0. The molecular formula is C19H16N8O2. The lowest BCUT2D eigenvalue weighted by molar-refractivity contribution is -0.122. The molecule has 0 aliphatic heterocycles. The van der Waals surface area contributed by atoms with E-state index >= 15 is 0 Å². The molecular weight excluding hydrogens is 372 g/mol. The van der Waals surface area contributed by atoms with Crippen LogP contribution in [0.3, 0.4) is 0 Å². The number of nitrogens with one attached hydrogen (secondary N) is 1. The Morgan fingerprint density at radius 2 is 1.97 bits per heavy atom. The topological polar surface area (TPSA) is 129 Å². The van der Waals surface area contributed by atoms with Gasteiger partial charge in [0.25, 0.3) is 0 Å². The van der Waals surface area contributed by atoms with Gasteiger partial charge in [0.05, 0.1) is 17.8 Å². The second kappa shape index (κ2) is 6.44. The van der Waals surface area contributed by atoms with Crippen LogP contribution in [0, 0.1) is 0 Å². The number of carbonyl (C=O) groups excluding carboxylic acids is 1. The van der Waals surface area contributed by atoms with E-state index in [4.69, 9.17) is 10.2 Å². The molecule has 0 aliphatic carbocycles. The Morgan fingerprint density at radius 1 is 1.14 bits per heavy atom. The molecule has 0 spiro atoms. The SMILES string of the molecule is CNC(=O)[C@H](c1ccccc1)n1ncc2c1nc(N)n1nc(-c3ccco3)nc21. The van der Waals surface area contributed by atoms with Crippen LogP contribution >= 0.6 is 0 Å². The van der Waals surface area contributed by atoms with Crippen molar-refractivity contribution in [3.8, 4) is 11.6 Å². The summed E-state index contributed by atoms with van der Waals surface area (Å²) in [5, 5.41) is 12.1. The summed E-state index contributed by atoms with van der Waals surface area (Å²) in [6, 6.07) is 12.2. The Morgan fingerprint density at radius 3 is 2.69 bits per heavy atom. The average Bonchev–Trinajstić information content (AvgIpc) is 3.48. The van der Waals surface area contributed by atoms with E-state index in [1.807, 2.05) is 30.3 Å². The van der Waals surface area contributed by atoms with Crippen LogP contribution in [0.15, 0.2) is 59.3 Å². The number of hydrogen-bond donors (Lipinski definition) is 2. The maximum atomic E-state index is 12.7. The summed E-state index contributed by atoms with van der Waals surface area (Å²) in [7, 11) is 1.58. The highest BCUT2D eigenvalue weighted by atomic mass is 16.3. The Bertz CT molecular complexity index is 1320. The van der Waals surface area contributed by atoms with Crippen LogP contribution in [0.1, 0.15) is 11.6 Å². The van der Waals surface area contributed by atoms with Crippen LogP contribution in [-0.4, -0.2) is 42.3 Å². The summed E-state index contributed by atoms with van der Waals surface area (Å²) in [5.74, 6) is 0.804. The molecule has 0 aliphatic rings. The molecule has 4 aromatic heterocycles. The fourth-order valence-corrected chi connectivity index (χ4v) is 3.30. The second-order valence-corrected chi connectivity index (χ2v) is 6.37. The van der Waals surface area contributed by atoms with Crippen LogP contribution in [0.25, 0.3) is 28.3 Å². The first-order valence-corrected chi connectivity index (χ1v) is 8.87. The molecule has 1 aromatic carbocycles. The molecule has 10 heteroatoms. The minimum atomic E-state index is -0.708. The van der Waals surface area contributed by atoms with Gasteiger partial charge in [0.2, 0.25) is 17.7 Å². The molecule has 29 heavy (non-hydrogen) atoms. The highest BCUT2D eigenvalue weighted by Gasteiger charge is 2.26. The van der Waals surface area contributed by atoms with Crippen molar-refractivity contribution >= 4 is 28.5 Å². The summed E-state index contributed by atoms with van der Waals surface area (Å²) in [4.78, 5) is 21.7. The highest BCUT2D eigenvalue weighted by Crippen LogP contribution is 2.27. The predicted octanol–water partition coefficient (Wildman–Crippen LogP) is 1.65. The van der Waals surface area contributed by atoms with Gasteiger partial charge in [-0.15, -0.1) is 5.10 Å². The molecule has 0 unspecified atom stereocenters. The van der Waals surface area contributed by atoms with Crippen LogP contribution in [-0.2, 0) is 4.79 Å². The normalized spacial score (nSPS) is 12.4. The number of likely N-dealkylation sites (N-methyl/N-ethyl adjacent to an activating group) is 1. The van der Waals surface area contributed by atoms with E-state index in [2.05, 4.69) is 25.5 Å². The number of benzene rings is 1. The highest BCUT2D eigenvalue weighted by molar-refractivity contribution is 5.92. The molecule has 5 aromatic rings. The van der Waals surface area contributed by atoms with Gasteiger partial charge in [0.1, 0.15) is 0 Å². The number of rotatable bonds is 4. The average molecular weight is 388 g/mol. The van der Waals surface area contributed by atoms with Crippen LogP contribution < -0.4 is 11.1 Å². The molecule has 0 radical (unpaired) electrons. The summed E-state index contributed by atoms with van der Waals surface area (Å²) in [6.07, 6.45) is 3.15. The number of carbonyl (C=O) groups is 1. The van der Waals surface area contributed by atoms with Crippen molar-refractivity contribution in [1.82, 2.24) is 34.7 Å². The standard InChI is InChI=1S/C19H16N8O2/c1-21-18(28)14(11-6-3-2-4-7-11)26-17-12(10-22-26)16-23-15(13-8-5-9-29-13)25-27(16)19(20)24-17/h2-10,14H,1H3,(H2,20,24)(H,21,28)/t14-/m0/s1. The molecule has 5 rings (SSSR count). The Balaban J connectivity index is 1.74. The van der Waals surface area contributed by atoms with Crippen molar-refractivity contribution in [3.05, 3.63) is 60.5 Å². The number of aromatic nitrogens is 6. The predicted molar refractivity (Wildman–Crippen MR) is 105 cm³/mol. The molecule has 0 bridgehead atoms. The van der Waals surface area contributed by atoms with E-state index < -0.39 is 6.04 Å². The molecule has 3 N–H and O–H groups in total.